The van der Waals surface area contributed by atoms with Gasteiger partial charge in [0.1, 0.15) is 4.88 Å². The van der Waals surface area contributed by atoms with Crippen LogP contribution in [-0.2, 0) is 4.74 Å². The first-order chi connectivity index (χ1) is 10.6. The predicted molar refractivity (Wildman–Crippen MR) is 85.3 cm³/mol. The van der Waals surface area contributed by atoms with Gasteiger partial charge in [-0.25, -0.2) is 4.98 Å². The summed E-state index contributed by atoms with van der Waals surface area (Å²) >= 11 is 1.51. The molecule has 0 spiro atoms. The van der Waals surface area contributed by atoms with Crippen LogP contribution in [0.25, 0.3) is 0 Å². The number of morpholine rings is 1. The highest BCUT2D eigenvalue weighted by Crippen LogP contribution is 2.38. The van der Waals surface area contributed by atoms with E-state index >= 15 is 0 Å². The highest BCUT2D eigenvalue weighted by Gasteiger charge is 2.43. The third-order valence-electron chi connectivity index (χ3n) is 5.10. The van der Waals surface area contributed by atoms with Crippen molar-refractivity contribution in [3.8, 4) is 0 Å². The molecule has 0 unspecified atom stereocenters. The molecule has 120 valence electrons. The minimum Gasteiger partial charge on any atom is -0.378 e. The number of fused-ring (bicyclic) bond motifs is 1. The van der Waals surface area contributed by atoms with E-state index in [0.29, 0.717) is 12.1 Å². The molecule has 22 heavy (non-hydrogen) atoms. The molecular formula is C16H23N3O2S. The van der Waals surface area contributed by atoms with Crippen molar-refractivity contribution in [1.29, 1.82) is 0 Å². The highest BCUT2D eigenvalue weighted by atomic mass is 32.1. The van der Waals surface area contributed by atoms with Crippen molar-refractivity contribution in [1.82, 2.24) is 14.8 Å². The maximum Gasteiger partial charge on any atom is 0.265 e. The summed E-state index contributed by atoms with van der Waals surface area (Å²) in [5.41, 5.74) is 0.866. The molecule has 6 heteroatoms. The molecule has 0 radical (unpaired) electrons. The molecule has 1 aromatic heterocycles. The van der Waals surface area contributed by atoms with Crippen LogP contribution in [0.4, 0.5) is 0 Å². The third kappa shape index (κ3) is 2.57. The summed E-state index contributed by atoms with van der Waals surface area (Å²) in [6.45, 7) is 8.13. The Bertz CT molecular complexity index is 584. The Morgan fingerprint density at radius 1 is 1.27 bits per heavy atom. The standard InChI is InChI=1S/C16H23N3O2S/c1-10-15(22-11(2)17-10)16(20)18-5-6-19-13(7-18)8-21-9-14(19)12-3-4-12/h12-14H,3-9H2,1-2H3/t13-,14-/m1/s1. The molecule has 3 fully saturated rings. The quantitative estimate of drug-likeness (QED) is 0.832. The summed E-state index contributed by atoms with van der Waals surface area (Å²) in [6, 6.07) is 0.953. The van der Waals surface area contributed by atoms with Gasteiger partial charge >= 0.3 is 0 Å². The summed E-state index contributed by atoms with van der Waals surface area (Å²) in [5, 5.41) is 0.967. The minimum absolute atomic E-state index is 0.149. The van der Waals surface area contributed by atoms with Gasteiger partial charge in [-0.1, -0.05) is 0 Å². The van der Waals surface area contributed by atoms with Crippen LogP contribution in [0.2, 0.25) is 0 Å². The lowest BCUT2D eigenvalue weighted by Crippen LogP contribution is -2.63. The zero-order chi connectivity index (χ0) is 15.3. The van der Waals surface area contributed by atoms with E-state index in [0.717, 1.165) is 54.3 Å². The Hall–Kier alpha value is -0.980. The Balaban J connectivity index is 1.47. The van der Waals surface area contributed by atoms with Crippen molar-refractivity contribution in [2.75, 3.05) is 32.8 Å². The first-order valence-electron chi connectivity index (χ1n) is 8.20. The van der Waals surface area contributed by atoms with Crippen molar-refractivity contribution in [2.24, 2.45) is 5.92 Å². The molecular weight excluding hydrogens is 298 g/mol. The summed E-state index contributed by atoms with van der Waals surface area (Å²) in [4.78, 5) is 22.6. The fourth-order valence-electron chi connectivity index (χ4n) is 3.82. The van der Waals surface area contributed by atoms with E-state index in [4.69, 9.17) is 4.74 Å². The molecule has 0 N–H and O–H groups in total. The zero-order valence-electron chi connectivity index (χ0n) is 13.2. The lowest BCUT2D eigenvalue weighted by molar-refractivity contribution is -0.0815. The lowest BCUT2D eigenvalue weighted by Gasteiger charge is -2.48. The summed E-state index contributed by atoms with van der Waals surface area (Å²) in [7, 11) is 0. The zero-order valence-corrected chi connectivity index (χ0v) is 14.1. The molecule has 2 aliphatic heterocycles. The van der Waals surface area contributed by atoms with Crippen LogP contribution >= 0.6 is 11.3 Å². The van der Waals surface area contributed by atoms with Gasteiger partial charge < -0.3 is 9.64 Å². The van der Waals surface area contributed by atoms with E-state index in [1.54, 1.807) is 0 Å². The number of rotatable bonds is 2. The van der Waals surface area contributed by atoms with Gasteiger partial charge in [0.2, 0.25) is 0 Å². The van der Waals surface area contributed by atoms with Gasteiger partial charge in [0.15, 0.2) is 0 Å². The van der Waals surface area contributed by atoms with Crippen molar-refractivity contribution < 1.29 is 9.53 Å². The summed E-state index contributed by atoms with van der Waals surface area (Å²) in [6.07, 6.45) is 2.69. The minimum atomic E-state index is 0.149. The fourth-order valence-corrected chi connectivity index (χ4v) is 4.71. The Kier molecular flexibility index (Phi) is 3.71. The molecule has 1 aromatic rings. The van der Waals surface area contributed by atoms with Crippen LogP contribution in [-0.4, -0.2) is 65.6 Å². The number of ether oxygens (including phenoxy) is 1. The van der Waals surface area contributed by atoms with Crippen LogP contribution in [0.5, 0.6) is 0 Å². The van der Waals surface area contributed by atoms with Crippen LogP contribution in [0.15, 0.2) is 0 Å². The third-order valence-corrected chi connectivity index (χ3v) is 6.17. The number of hydrogen-bond acceptors (Lipinski definition) is 5. The van der Waals surface area contributed by atoms with E-state index in [9.17, 15) is 4.79 Å². The molecule has 2 atom stereocenters. The molecule has 1 aliphatic carbocycles. The number of thiazole rings is 1. The smallest absolute Gasteiger partial charge is 0.265 e. The van der Waals surface area contributed by atoms with Gasteiger partial charge in [-0.15, -0.1) is 11.3 Å². The predicted octanol–water partition coefficient (Wildman–Crippen LogP) is 1.70. The van der Waals surface area contributed by atoms with Crippen LogP contribution in [0.3, 0.4) is 0 Å². The summed E-state index contributed by atoms with van der Waals surface area (Å²) in [5.74, 6) is 0.979. The van der Waals surface area contributed by atoms with Crippen molar-refractivity contribution in [2.45, 2.75) is 38.8 Å². The van der Waals surface area contributed by atoms with E-state index < -0.39 is 0 Å². The molecule has 4 rings (SSSR count). The lowest BCUT2D eigenvalue weighted by atomic mass is 10.0. The number of piperazine rings is 1. The highest BCUT2D eigenvalue weighted by molar-refractivity contribution is 7.13. The largest absolute Gasteiger partial charge is 0.378 e. The molecule has 5 nitrogen and oxygen atoms in total. The monoisotopic (exact) mass is 321 g/mol. The second kappa shape index (κ2) is 5.58. The molecule has 1 amide bonds. The van der Waals surface area contributed by atoms with Gasteiger partial charge in [-0.05, 0) is 32.6 Å². The Morgan fingerprint density at radius 2 is 2.09 bits per heavy atom. The Labute approximate surface area is 135 Å². The summed E-state index contributed by atoms with van der Waals surface area (Å²) < 4.78 is 5.83. The second-order valence-electron chi connectivity index (χ2n) is 6.73. The van der Waals surface area contributed by atoms with E-state index in [2.05, 4.69) is 9.88 Å². The molecule has 0 bridgehead atoms. The number of aromatic nitrogens is 1. The number of amides is 1. The maximum atomic E-state index is 12.8. The molecule has 0 aromatic carbocycles. The first kappa shape index (κ1) is 14.6. The fraction of sp³-hybridized carbons (Fsp3) is 0.750. The molecule has 3 aliphatic rings. The van der Waals surface area contributed by atoms with Crippen molar-refractivity contribution >= 4 is 17.2 Å². The molecule has 3 heterocycles. The van der Waals surface area contributed by atoms with Crippen LogP contribution < -0.4 is 0 Å². The van der Waals surface area contributed by atoms with E-state index in [-0.39, 0.29) is 5.91 Å². The van der Waals surface area contributed by atoms with Crippen LogP contribution in [0, 0.1) is 19.8 Å². The van der Waals surface area contributed by atoms with Gasteiger partial charge in [0.25, 0.3) is 5.91 Å². The normalized spacial score (nSPS) is 29.5. The van der Waals surface area contributed by atoms with E-state index in [1.165, 1.54) is 24.2 Å². The van der Waals surface area contributed by atoms with Gasteiger partial charge in [-0.3, -0.25) is 9.69 Å². The number of hydrogen-bond donors (Lipinski definition) is 0. The van der Waals surface area contributed by atoms with Crippen molar-refractivity contribution in [3.05, 3.63) is 15.6 Å². The number of aryl methyl sites for hydroxylation is 2. The average molecular weight is 321 g/mol. The number of carbonyl (C=O) groups excluding carboxylic acids is 1. The van der Waals surface area contributed by atoms with Crippen LogP contribution in [0.1, 0.15) is 33.2 Å². The molecule has 2 saturated heterocycles. The first-order valence-corrected chi connectivity index (χ1v) is 9.02. The van der Waals surface area contributed by atoms with Gasteiger partial charge in [0.05, 0.1) is 30.0 Å². The Morgan fingerprint density at radius 3 is 2.77 bits per heavy atom. The topological polar surface area (TPSA) is 45.7 Å². The van der Waals surface area contributed by atoms with E-state index in [1.807, 2.05) is 18.7 Å². The SMILES string of the molecule is Cc1nc(C)c(C(=O)N2CCN3[C@@H](COC[C@@H]3C3CC3)C2)s1. The van der Waals surface area contributed by atoms with Gasteiger partial charge in [-0.2, -0.15) is 0 Å². The molecule has 1 saturated carbocycles. The second-order valence-corrected chi connectivity index (χ2v) is 7.94. The number of carbonyl (C=O) groups is 1. The van der Waals surface area contributed by atoms with Gasteiger partial charge in [0, 0.05) is 25.7 Å². The maximum absolute atomic E-state index is 12.8. The average Bonchev–Trinajstić information content (AvgIpc) is 3.30. The van der Waals surface area contributed by atoms with Crippen molar-refractivity contribution in [3.63, 3.8) is 0 Å². The number of nitrogens with zero attached hydrogens (tertiary/aromatic N) is 3.